The minimum Gasteiger partial charge on any atom is -0.325 e. The highest BCUT2D eigenvalue weighted by molar-refractivity contribution is 7.94. The predicted octanol–water partition coefficient (Wildman–Crippen LogP) is 3.59. The molecule has 1 amide bonds. The molecule has 1 saturated carbocycles. The Kier molecular flexibility index (Phi) is 3.94. The van der Waals surface area contributed by atoms with Gasteiger partial charge in [-0.2, -0.15) is 0 Å². The van der Waals surface area contributed by atoms with Crippen molar-refractivity contribution < 1.29 is 13.2 Å². The molecule has 1 aliphatic carbocycles. The largest absolute Gasteiger partial charge is 0.325 e. The third kappa shape index (κ3) is 2.86. The number of halogens is 1. The third-order valence-electron chi connectivity index (χ3n) is 4.05. The second-order valence-corrected chi connectivity index (χ2v) is 8.47. The van der Waals surface area contributed by atoms with Crippen LogP contribution in [0.1, 0.15) is 18.4 Å². The van der Waals surface area contributed by atoms with Gasteiger partial charge in [0.05, 0.1) is 4.90 Å². The van der Waals surface area contributed by atoms with Crippen LogP contribution in [0.2, 0.25) is 5.02 Å². The van der Waals surface area contributed by atoms with E-state index < -0.39 is 20.5 Å². The molecule has 0 aromatic heterocycles. The molecule has 1 N–H and O–H groups in total. The summed E-state index contributed by atoms with van der Waals surface area (Å²) in [5, 5.41) is 3.15. The zero-order valence-electron chi connectivity index (χ0n) is 12.5. The summed E-state index contributed by atoms with van der Waals surface area (Å²) in [6.45, 7) is 1.88. The highest BCUT2D eigenvalue weighted by atomic mass is 35.5. The lowest BCUT2D eigenvalue weighted by atomic mass is 10.2. The fourth-order valence-electron chi connectivity index (χ4n) is 2.49. The molecule has 23 heavy (non-hydrogen) atoms. The van der Waals surface area contributed by atoms with E-state index in [0.717, 1.165) is 5.56 Å². The molecule has 0 unspecified atom stereocenters. The van der Waals surface area contributed by atoms with Crippen molar-refractivity contribution in [2.24, 2.45) is 0 Å². The summed E-state index contributed by atoms with van der Waals surface area (Å²) in [5.41, 5.74) is 1.46. The molecular formula is C17H16ClNO3S. The summed E-state index contributed by atoms with van der Waals surface area (Å²) in [6, 6.07) is 13.2. The van der Waals surface area contributed by atoms with Gasteiger partial charge in [-0.1, -0.05) is 35.4 Å². The van der Waals surface area contributed by atoms with E-state index in [1.165, 1.54) is 0 Å². The second-order valence-electron chi connectivity index (χ2n) is 5.78. The maximum Gasteiger partial charge on any atom is 0.246 e. The minimum absolute atomic E-state index is 0.182. The van der Waals surface area contributed by atoms with Crippen LogP contribution < -0.4 is 5.32 Å². The predicted molar refractivity (Wildman–Crippen MR) is 90.4 cm³/mol. The first-order chi connectivity index (χ1) is 10.8. The maximum absolute atomic E-state index is 12.8. The average Bonchev–Trinajstić information content (AvgIpc) is 3.30. The molecule has 1 fully saturated rings. The molecule has 0 atom stereocenters. The highest BCUT2D eigenvalue weighted by Gasteiger charge is 2.61. The van der Waals surface area contributed by atoms with Gasteiger partial charge in [0.1, 0.15) is 0 Å². The molecule has 2 aromatic rings. The first-order valence-corrected chi connectivity index (χ1v) is 9.10. The molecule has 3 rings (SSSR count). The van der Waals surface area contributed by atoms with Crippen molar-refractivity contribution in [2.45, 2.75) is 29.4 Å². The summed E-state index contributed by atoms with van der Waals surface area (Å²) < 4.78 is 24.3. The second kappa shape index (κ2) is 5.65. The Labute approximate surface area is 140 Å². The zero-order valence-corrected chi connectivity index (χ0v) is 14.1. The number of amides is 1. The fraction of sp³-hybridized carbons (Fsp3) is 0.235. The Hall–Kier alpha value is -1.85. The summed E-state index contributed by atoms with van der Waals surface area (Å²) in [6.07, 6.45) is 0.658. The Balaban J connectivity index is 1.89. The Morgan fingerprint density at radius 1 is 1.13 bits per heavy atom. The van der Waals surface area contributed by atoms with E-state index in [9.17, 15) is 13.2 Å². The van der Waals surface area contributed by atoms with E-state index in [1.807, 2.05) is 6.92 Å². The Morgan fingerprint density at radius 3 is 2.35 bits per heavy atom. The molecule has 4 nitrogen and oxygen atoms in total. The van der Waals surface area contributed by atoms with Crippen LogP contribution in [-0.2, 0) is 14.6 Å². The lowest BCUT2D eigenvalue weighted by molar-refractivity contribution is -0.116. The van der Waals surface area contributed by atoms with Gasteiger partial charge < -0.3 is 5.32 Å². The van der Waals surface area contributed by atoms with Gasteiger partial charge >= 0.3 is 0 Å². The molecule has 0 heterocycles. The van der Waals surface area contributed by atoms with Gasteiger partial charge in [0.2, 0.25) is 5.91 Å². The molecule has 2 aromatic carbocycles. The smallest absolute Gasteiger partial charge is 0.246 e. The van der Waals surface area contributed by atoms with Crippen LogP contribution in [0.25, 0.3) is 0 Å². The van der Waals surface area contributed by atoms with Gasteiger partial charge in [0.15, 0.2) is 14.6 Å². The molecular weight excluding hydrogens is 334 g/mol. The van der Waals surface area contributed by atoms with Crippen LogP contribution in [0.15, 0.2) is 53.4 Å². The van der Waals surface area contributed by atoms with Crippen molar-refractivity contribution in [1.82, 2.24) is 0 Å². The molecule has 1 aliphatic rings. The number of nitrogens with one attached hydrogen (secondary N) is 1. The number of anilines is 1. The molecule has 0 spiro atoms. The molecule has 6 heteroatoms. The van der Waals surface area contributed by atoms with Crippen LogP contribution in [0.4, 0.5) is 5.69 Å². The quantitative estimate of drug-likeness (QED) is 0.917. The van der Waals surface area contributed by atoms with E-state index in [-0.39, 0.29) is 4.90 Å². The average molecular weight is 350 g/mol. The van der Waals surface area contributed by atoms with Crippen LogP contribution in [-0.4, -0.2) is 19.1 Å². The van der Waals surface area contributed by atoms with Crippen LogP contribution in [0.5, 0.6) is 0 Å². The lowest BCUT2D eigenvalue weighted by Crippen LogP contribution is -2.37. The maximum atomic E-state index is 12.8. The molecule has 0 saturated heterocycles. The first kappa shape index (κ1) is 16.0. The number of carbonyl (C=O) groups excluding carboxylic acids is 1. The lowest BCUT2D eigenvalue weighted by Gasteiger charge is -2.16. The standard InChI is InChI=1S/C17H16ClNO3S/c1-12-5-7-15(8-6-12)23(21,22)17(9-10-17)16(20)19-14-4-2-3-13(18)11-14/h2-8,11H,9-10H2,1H3,(H,19,20). The zero-order chi connectivity index (χ0) is 16.7. The Morgan fingerprint density at radius 2 is 1.78 bits per heavy atom. The van der Waals surface area contributed by atoms with E-state index in [4.69, 9.17) is 11.6 Å². The monoisotopic (exact) mass is 349 g/mol. The van der Waals surface area contributed by atoms with Crippen molar-refractivity contribution in [2.75, 3.05) is 5.32 Å². The summed E-state index contributed by atoms with van der Waals surface area (Å²) >= 11 is 5.89. The van der Waals surface area contributed by atoms with Crippen molar-refractivity contribution in [3.8, 4) is 0 Å². The normalized spacial score (nSPS) is 15.9. The van der Waals surface area contributed by atoms with E-state index in [2.05, 4.69) is 5.32 Å². The van der Waals surface area contributed by atoms with E-state index in [1.54, 1.807) is 48.5 Å². The molecule has 0 radical (unpaired) electrons. The van der Waals surface area contributed by atoms with Gasteiger partial charge in [-0.25, -0.2) is 8.42 Å². The number of benzene rings is 2. The first-order valence-electron chi connectivity index (χ1n) is 7.23. The van der Waals surface area contributed by atoms with Gasteiger partial charge in [0.25, 0.3) is 0 Å². The summed E-state index contributed by atoms with van der Waals surface area (Å²) in [5.74, 6) is -0.500. The molecule has 120 valence electrons. The number of hydrogen-bond acceptors (Lipinski definition) is 3. The van der Waals surface area contributed by atoms with Crippen molar-refractivity contribution in [3.05, 3.63) is 59.1 Å². The molecule has 0 aliphatic heterocycles. The van der Waals surface area contributed by atoms with Crippen LogP contribution in [0.3, 0.4) is 0 Å². The topological polar surface area (TPSA) is 63.2 Å². The van der Waals surface area contributed by atoms with Crippen LogP contribution in [0, 0.1) is 6.92 Å². The fourth-order valence-corrected chi connectivity index (χ4v) is 4.56. The van der Waals surface area contributed by atoms with Gasteiger partial charge in [-0.05, 0) is 50.1 Å². The Bertz CT molecular complexity index is 856. The van der Waals surface area contributed by atoms with Crippen molar-refractivity contribution in [3.63, 3.8) is 0 Å². The summed E-state index contributed by atoms with van der Waals surface area (Å²) in [7, 11) is -3.72. The van der Waals surface area contributed by atoms with Gasteiger partial charge in [-0.15, -0.1) is 0 Å². The number of hydrogen-bond donors (Lipinski definition) is 1. The van der Waals surface area contributed by atoms with Crippen molar-refractivity contribution in [1.29, 1.82) is 0 Å². The van der Waals surface area contributed by atoms with Gasteiger partial charge in [-0.3, -0.25) is 4.79 Å². The number of sulfone groups is 1. The number of rotatable bonds is 4. The highest BCUT2D eigenvalue weighted by Crippen LogP contribution is 2.47. The SMILES string of the molecule is Cc1ccc(S(=O)(=O)C2(C(=O)Nc3cccc(Cl)c3)CC2)cc1. The minimum atomic E-state index is -3.72. The van der Waals surface area contributed by atoms with Crippen LogP contribution >= 0.6 is 11.6 Å². The number of carbonyl (C=O) groups is 1. The van der Waals surface area contributed by atoms with Gasteiger partial charge in [0, 0.05) is 10.7 Å². The summed E-state index contributed by atoms with van der Waals surface area (Å²) in [4.78, 5) is 12.7. The van der Waals surface area contributed by atoms with Crippen molar-refractivity contribution >= 4 is 33.0 Å². The van der Waals surface area contributed by atoms with E-state index in [0.29, 0.717) is 23.6 Å². The number of aryl methyl sites for hydroxylation is 1. The van der Waals surface area contributed by atoms with E-state index >= 15 is 0 Å². The third-order valence-corrected chi connectivity index (χ3v) is 6.80. The molecule has 0 bridgehead atoms.